The molecule has 0 unspecified atom stereocenters. The molecule has 1 aromatic heterocycles. The van der Waals surface area contributed by atoms with Crippen molar-refractivity contribution in [1.82, 2.24) is 0 Å². The van der Waals surface area contributed by atoms with E-state index in [9.17, 15) is 13.0 Å². The monoisotopic (exact) mass is 434 g/mol. The summed E-state index contributed by atoms with van der Waals surface area (Å²) in [5, 5.41) is 9.93. The zero-order chi connectivity index (χ0) is 20.6. The van der Waals surface area contributed by atoms with Crippen molar-refractivity contribution in [2.45, 2.75) is 20.8 Å². The normalized spacial score (nSPS) is 11.4. The average Bonchev–Trinajstić information content (AvgIpc) is 2.89. The Morgan fingerprint density at radius 2 is 1.74 bits per heavy atom. The number of nitrogens with zero attached hydrogens (tertiary/aromatic N) is 4. The minimum atomic E-state index is -4.41. The summed E-state index contributed by atoms with van der Waals surface area (Å²) < 4.78 is 33.0. The Labute approximate surface area is 169 Å². The minimum absolute atomic E-state index is 0.672. The highest BCUT2D eigenvalue weighted by Crippen LogP contribution is 2.32. The lowest BCUT2D eigenvalue weighted by molar-refractivity contribution is -0.607. The van der Waals surface area contributed by atoms with Crippen LogP contribution in [-0.2, 0) is 21.6 Å². The molecular formula is C16H23ClN4O4S2. The highest BCUT2D eigenvalue weighted by molar-refractivity contribution is 7.80. The van der Waals surface area contributed by atoms with Crippen LogP contribution in [0.3, 0.4) is 0 Å². The molecule has 0 aliphatic heterocycles. The minimum Gasteiger partial charge on any atom is -0.726 e. The van der Waals surface area contributed by atoms with Crippen LogP contribution >= 0.6 is 23.1 Å². The number of rotatable bonds is 6. The first-order valence-electron chi connectivity index (χ1n) is 8.06. The zero-order valence-electron chi connectivity index (χ0n) is 15.8. The third-order valence-electron chi connectivity index (χ3n) is 3.64. The van der Waals surface area contributed by atoms with Gasteiger partial charge in [0.1, 0.15) is 0 Å². The van der Waals surface area contributed by atoms with Gasteiger partial charge in [0, 0.05) is 25.7 Å². The second kappa shape index (κ2) is 10.7. The van der Waals surface area contributed by atoms with E-state index in [1.807, 2.05) is 30.1 Å². The number of hydrogen-bond acceptors (Lipinski definition) is 8. The van der Waals surface area contributed by atoms with Gasteiger partial charge >= 0.3 is 0 Å². The van der Waals surface area contributed by atoms with Crippen LogP contribution in [0, 0.1) is 6.92 Å². The Balaban J connectivity index is 0.000000527. The van der Waals surface area contributed by atoms with E-state index >= 15 is 0 Å². The van der Waals surface area contributed by atoms with E-state index in [1.54, 1.807) is 0 Å². The van der Waals surface area contributed by atoms with Crippen molar-refractivity contribution in [2.24, 2.45) is 17.3 Å². The second-order valence-electron chi connectivity index (χ2n) is 5.26. The van der Waals surface area contributed by atoms with E-state index in [0.29, 0.717) is 5.02 Å². The highest BCUT2D eigenvalue weighted by atomic mass is 35.5. The van der Waals surface area contributed by atoms with Crippen molar-refractivity contribution in [1.29, 1.82) is 0 Å². The fraction of sp³-hybridized carbons (Fsp3) is 0.438. The topological polar surface area (TPSA) is 98.3 Å². The fourth-order valence-corrected chi connectivity index (χ4v) is 3.13. The smallest absolute Gasteiger partial charge is 0.227 e. The van der Waals surface area contributed by atoms with E-state index in [-0.39, 0.29) is 0 Å². The molecule has 11 heteroatoms. The van der Waals surface area contributed by atoms with E-state index in [1.165, 1.54) is 17.2 Å². The predicted octanol–water partition coefficient (Wildman–Crippen LogP) is 3.89. The first-order valence-corrected chi connectivity index (χ1v) is 10.5. The van der Waals surface area contributed by atoms with Crippen LogP contribution < -0.4 is 8.86 Å². The Hall–Kier alpha value is -1.59. The molecule has 0 saturated heterocycles. The van der Waals surface area contributed by atoms with Gasteiger partial charge in [0.25, 0.3) is 0 Å². The molecule has 0 aliphatic rings. The van der Waals surface area contributed by atoms with Crippen LogP contribution in [0.1, 0.15) is 19.5 Å². The molecule has 0 N–H and O–H groups in total. The zero-order valence-corrected chi connectivity index (χ0v) is 18.2. The molecule has 2 rings (SSSR count). The maximum Gasteiger partial charge on any atom is 0.227 e. The van der Waals surface area contributed by atoms with Crippen LogP contribution in [0.5, 0.6) is 0 Å². The summed E-state index contributed by atoms with van der Waals surface area (Å²) in [7, 11) is -1.64. The number of aryl methyl sites for hydroxylation is 1. The molecule has 2 aromatic rings. The van der Waals surface area contributed by atoms with Crippen molar-refractivity contribution >= 4 is 49.9 Å². The summed E-state index contributed by atoms with van der Waals surface area (Å²) in [6.07, 6.45) is 0. The molecule has 0 atom stereocenters. The quantitative estimate of drug-likeness (QED) is 0.297. The number of halogens is 1. The van der Waals surface area contributed by atoms with E-state index < -0.39 is 10.4 Å². The van der Waals surface area contributed by atoms with Crippen molar-refractivity contribution < 1.29 is 21.1 Å². The summed E-state index contributed by atoms with van der Waals surface area (Å²) >= 11 is 7.71. The lowest BCUT2D eigenvalue weighted by Gasteiger charge is -2.20. The van der Waals surface area contributed by atoms with Crippen LogP contribution in [0.4, 0.5) is 16.4 Å². The van der Waals surface area contributed by atoms with Crippen LogP contribution in [-0.4, -0.2) is 33.2 Å². The van der Waals surface area contributed by atoms with Crippen molar-refractivity contribution in [3.8, 4) is 0 Å². The molecule has 0 fully saturated rings. The number of aromatic nitrogens is 1. The van der Waals surface area contributed by atoms with E-state index in [2.05, 4.69) is 45.3 Å². The molecule has 0 bridgehead atoms. The third kappa shape index (κ3) is 7.51. The van der Waals surface area contributed by atoms with Gasteiger partial charge < -0.3 is 9.45 Å². The molecule has 150 valence electrons. The van der Waals surface area contributed by atoms with Gasteiger partial charge in [0.2, 0.25) is 21.1 Å². The molecule has 0 aliphatic carbocycles. The molecule has 27 heavy (non-hydrogen) atoms. The Kier molecular flexibility index (Phi) is 9.27. The van der Waals surface area contributed by atoms with Crippen LogP contribution in [0.25, 0.3) is 0 Å². The van der Waals surface area contributed by atoms with Gasteiger partial charge in [-0.3, -0.25) is 4.18 Å². The van der Waals surface area contributed by atoms with E-state index in [0.717, 1.165) is 36.6 Å². The first kappa shape index (κ1) is 23.4. The largest absolute Gasteiger partial charge is 0.726 e. The second-order valence-corrected chi connectivity index (χ2v) is 7.90. The predicted molar refractivity (Wildman–Crippen MR) is 106 cm³/mol. The number of anilines is 1. The number of benzene rings is 1. The van der Waals surface area contributed by atoms with Gasteiger partial charge in [-0.15, -0.1) is 14.2 Å². The molecule has 1 heterocycles. The molecule has 8 nitrogen and oxygen atoms in total. The first-order chi connectivity index (χ1) is 12.6. The molecule has 0 spiro atoms. The third-order valence-corrected chi connectivity index (χ3v) is 5.62. The SMILES string of the molecule is CCN(CC)c1ccc(N=Nc2s[n+](C)c(C)c2Cl)cc1.COS(=O)(=O)[O-]. The molecule has 0 saturated carbocycles. The van der Waals surface area contributed by atoms with Crippen LogP contribution in [0.2, 0.25) is 5.02 Å². The summed E-state index contributed by atoms with van der Waals surface area (Å²) in [5.41, 5.74) is 3.04. The molecule has 0 amide bonds. The number of azo groups is 1. The molecule has 0 radical (unpaired) electrons. The summed E-state index contributed by atoms with van der Waals surface area (Å²) in [4.78, 5) is 2.29. The van der Waals surface area contributed by atoms with Crippen LogP contribution in [0.15, 0.2) is 34.5 Å². The lowest BCUT2D eigenvalue weighted by atomic mass is 10.2. The van der Waals surface area contributed by atoms with Crippen molar-refractivity contribution in [2.75, 3.05) is 25.1 Å². The Morgan fingerprint density at radius 1 is 1.22 bits per heavy atom. The Bertz CT molecular complexity index is 863. The number of hydrogen-bond donors (Lipinski definition) is 0. The van der Waals surface area contributed by atoms with Crippen molar-refractivity contribution in [3.63, 3.8) is 0 Å². The highest BCUT2D eigenvalue weighted by Gasteiger charge is 2.18. The average molecular weight is 435 g/mol. The molecular weight excluding hydrogens is 412 g/mol. The van der Waals surface area contributed by atoms with Gasteiger partial charge in [-0.1, -0.05) is 11.6 Å². The Morgan fingerprint density at radius 3 is 2.11 bits per heavy atom. The summed E-state index contributed by atoms with van der Waals surface area (Å²) in [6, 6.07) is 8.10. The molecule has 1 aromatic carbocycles. The van der Waals surface area contributed by atoms with Gasteiger partial charge in [0.15, 0.2) is 23.6 Å². The lowest BCUT2D eigenvalue weighted by Crippen LogP contribution is -2.24. The fourth-order valence-electron chi connectivity index (χ4n) is 2.02. The maximum atomic E-state index is 9.22. The summed E-state index contributed by atoms with van der Waals surface area (Å²) in [5.74, 6) is 0. The van der Waals surface area contributed by atoms with Gasteiger partial charge in [-0.2, -0.15) is 0 Å². The van der Waals surface area contributed by atoms with Gasteiger partial charge in [-0.05, 0) is 38.1 Å². The van der Waals surface area contributed by atoms with Crippen molar-refractivity contribution in [3.05, 3.63) is 35.0 Å². The van der Waals surface area contributed by atoms with Gasteiger partial charge in [0.05, 0.1) is 12.8 Å². The summed E-state index contributed by atoms with van der Waals surface area (Å²) in [6.45, 7) is 8.27. The standard InChI is InChI=1S/C15H20ClN4S.CH4O4S/c1-5-20(6-2)13-9-7-12(8-10-13)17-18-15-14(16)11(3)19(4)21-15;1-5-6(2,3)4/h7-10H,5-6H2,1-4H3;1H3,(H,2,3,4)/q+1;/p-1. The van der Waals surface area contributed by atoms with Gasteiger partial charge in [-0.25, -0.2) is 8.42 Å². The van der Waals surface area contributed by atoms with E-state index in [4.69, 9.17) is 11.6 Å². The maximum absolute atomic E-state index is 9.22.